The van der Waals surface area contributed by atoms with Crippen molar-refractivity contribution in [2.45, 2.75) is 31.7 Å². The van der Waals surface area contributed by atoms with Gasteiger partial charge in [0.05, 0.1) is 20.3 Å². The smallest absolute Gasteiger partial charge is 0.141 e. The molecule has 0 spiro atoms. The SMILES string of the molecule is COc1ccc(C(NN)C2CC3CCC2C3)c(OC)c1Br. The summed E-state index contributed by atoms with van der Waals surface area (Å²) in [7, 11) is 3.35. The summed E-state index contributed by atoms with van der Waals surface area (Å²) in [6, 6.07) is 4.18. The van der Waals surface area contributed by atoms with Crippen LogP contribution in [0.5, 0.6) is 11.5 Å². The lowest BCUT2D eigenvalue weighted by atomic mass is 9.80. The quantitative estimate of drug-likeness (QED) is 0.628. The van der Waals surface area contributed by atoms with Crippen molar-refractivity contribution in [1.82, 2.24) is 5.43 Å². The molecule has 4 nitrogen and oxygen atoms in total. The van der Waals surface area contributed by atoms with E-state index in [1.165, 1.54) is 25.7 Å². The van der Waals surface area contributed by atoms with E-state index >= 15 is 0 Å². The van der Waals surface area contributed by atoms with Gasteiger partial charge in [0.1, 0.15) is 16.0 Å². The minimum Gasteiger partial charge on any atom is -0.495 e. The lowest BCUT2D eigenvalue weighted by Crippen LogP contribution is -2.36. The molecule has 2 fully saturated rings. The van der Waals surface area contributed by atoms with Crippen molar-refractivity contribution in [2.24, 2.45) is 23.6 Å². The van der Waals surface area contributed by atoms with Gasteiger partial charge in [0, 0.05) is 5.56 Å². The first kappa shape index (κ1) is 15.1. The Bertz CT molecular complexity index is 523. The van der Waals surface area contributed by atoms with E-state index in [1.807, 2.05) is 6.07 Å². The van der Waals surface area contributed by atoms with Crippen LogP contribution in [0.3, 0.4) is 0 Å². The van der Waals surface area contributed by atoms with Crippen molar-refractivity contribution in [1.29, 1.82) is 0 Å². The number of halogens is 1. The molecule has 3 N–H and O–H groups in total. The van der Waals surface area contributed by atoms with Crippen LogP contribution in [0.15, 0.2) is 16.6 Å². The summed E-state index contributed by atoms with van der Waals surface area (Å²) in [6.07, 6.45) is 5.36. The average Bonchev–Trinajstić information content (AvgIpc) is 3.11. The van der Waals surface area contributed by atoms with Crippen molar-refractivity contribution in [3.8, 4) is 11.5 Å². The van der Waals surface area contributed by atoms with Crippen molar-refractivity contribution in [3.63, 3.8) is 0 Å². The van der Waals surface area contributed by atoms with E-state index in [0.717, 1.165) is 33.4 Å². The first-order valence-electron chi connectivity index (χ1n) is 7.56. The zero-order valence-corrected chi connectivity index (χ0v) is 14.2. The number of nitrogens with two attached hydrogens (primary N) is 1. The number of nitrogens with one attached hydrogen (secondary N) is 1. The molecule has 2 aliphatic rings. The molecule has 116 valence electrons. The molecule has 0 heterocycles. The standard InChI is InChI=1S/C16H23BrN2O2/c1-20-13-6-5-11(16(21-2)14(13)17)15(19-18)12-8-9-3-4-10(12)7-9/h5-6,9-10,12,15,19H,3-4,7-8,18H2,1-2H3. The Morgan fingerprint density at radius 3 is 2.57 bits per heavy atom. The van der Waals surface area contributed by atoms with Crippen LogP contribution < -0.4 is 20.7 Å². The van der Waals surface area contributed by atoms with Crippen LogP contribution in [-0.4, -0.2) is 14.2 Å². The van der Waals surface area contributed by atoms with Crippen molar-refractivity contribution in [2.75, 3.05) is 14.2 Å². The van der Waals surface area contributed by atoms with Crippen LogP contribution in [0.25, 0.3) is 0 Å². The summed E-state index contributed by atoms with van der Waals surface area (Å²) >= 11 is 3.58. The summed E-state index contributed by atoms with van der Waals surface area (Å²) in [5.41, 5.74) is 4.16. The average molecular weight is 355 g/mol. The number of ether oxygens (including phenoxy) is 2. The molecule has 2 bridgehead atoms. The molecule has 0 aliphatic heterocycles. The van der Waals surface area contributed by atoms with Crippen LogP contribution in [0.1, 0.15) is 37.3 Å². The number of hydrogen-bond donors (Lipinski definition) is 2. The summed E-state index contributed by atoms with van der Waals surface area (Å²) < 4.78 is 11.8. The highest BCUT2D eigenvalue weighted by atomic mass is 79.9. The molecule has 5 heteroatoms. The second kappa shape index (κ2) is 6.15. The Hall–Kier alpha value is -0.780. The molecular weight excluding hydrogens is 332 g/mol. The number of fused-ring (bicyclic) bond motifs is 2. The third-order valence-corrected chi connectivity index (χ3v) is 6.00. The maximum absolute atomic E-state index is 5.91. The molecule has 21 heavy (non-hydrogen) atoms. The number of methoxy groups -OCH3 is 2. The second-order valence-electron chi connectivity index (χ2n) is 6.19. The zero-order chi connectivity index (χ0) is 15.0. The van der Waals surface area contributed by atoms with E-state index in [9.17, 15) is 0 Å². The molecular formula is C16H23BrN2O2. The van der Waals surface area contributed by atoms with E-state index in [4.69, 9.17) is 15.3 Å². The molecule has 1 aromatic carbocycles. The topological polar surface area (TPSA) is 56.5 Å². The molecule has 2 aliphatic carbocycles. The fourth-order valence-electron chi connectivity index (χ4n) is 4.31. The van der Waals surface area contributed by atoms with Gasteiger partial charge in [-0.25, -0.2) is 0 Å². The minimum atomic E-state index is 0.137. The largest absolute Gasteiger partial charge is 0.495 e. The second-order valence-corrected chi connectivity index (χ2v) is 6.98. The van der Waals surface area contributed by atoms with Gasteiger partial charge in [-0.15, -0.1) is 0 Å². The van der Waals surface area contributed by atoms with Gasteiger partial charge in [-0.2, -0.15) is 0 Å². The maximum Gasteiger partial charge on any atom is 0.141 e. The Balaban J connectivity index is 1.95. The van der Waals surface area contributed by atoms with E-state index in [2.05, 4.69) is 27.4 Å². The molecule has 0 saturated heterocycles. The Kier molecular flexibility index (Phi) is 4.43. The van der Waals surface area contributed by atoms with E-state index < -0.39 is 0 Å². The molecule has 0 amide bonds. The maximum atomic E-state index is 5.91. The van der Waals surface area contributed by atoms with Gasteiger partial charge in [-0.3, -0.25) is 11.3 Å². The molecule has 2 saturated carbocycles. The Morgan fingerprint density at radius 2 is 2.05 bits per heavy atom. The van der Waals surface area contributed by atoms with E-state index in [-0.39, 0.29) is 6.04 Å². The van der Waals surface area contributed by atoms with Crippen molar-refractivity contribution < 1.29 is 9.47 Å². The van der Waals surface area contributed by atoms with Gasteiger partial charge in [0.2, 0.25) is 0 Å². The summed E-state index contributed by atoms with van der Waals surface area (Å²) in [5.74, 6) is 9.79. The number of benzene rings is 1. The van der Waals surface area contributed by atoms with Crippen LogP contribution in [0.4, 0.5) is 0 Å². The number of rotatable bonds is 5. The lowest BCUT2D eigenvalue weighted by Gasteiger charge is -2.31. The van der Waals surface area contributed by atoms with Gasteiger partial charge in [0.15, 0.2) is 0 Å². The monoisotopic (exact) mass is 354 g/mol. The van der Waals surface area contributed by atoms with Gasteiger partial charge >= 0.3 is 0 Å². The van der Waals surface area contributed by atoms with Gasteiger partial charge in [0.25, 0.3) is 0 Å². The molecule has 0 aromatic heterocycles. The third kappa shape index (κ3) is 2.56. The summed E-state index contributed by atoms with van der Waals surface area (Å²) in [5, 5.41) is 0. The fourth-order valence-corrected chi connectivity index (χ4v) is 4.99. The van der Waals surface area contributed by atoms with Gasteiger partial charge < -0.3 is 9.47 Å². The normalized spacial score (nSPS) is 28.7. The fraction of sp³-hybridized carbons (Fsp3) is 0.625. The predicted octanol–water partition coefficient (Wildman–Crippen LogP) is 3.41. The first-order chi connectivity index (χ1) is 10.2. The zero-order valence-electron chi connectivity index (χ0n) is 12.6. The highest BCUT2D eigenvalue weighted by Gasteiger charge is 2.44. The lowest BCUT2D eigenvalue weighted by molar-refractivity contribution is 0.246. The molecule has 1 aromatic rings. The Labute approximate surface area is 134 Å². The summed E-state index contributed by atoms with van der Waals surface area (Å²) in [6.45, 7) is 0. The van der Waals surface area contributed by atoms with Gasteiger partial charge in [-0.05, 0) is 65.1 Å². The van der Waals surface area contributed by atoms with Crippen LogP contribution >= 0.6 is 15.9 Å². The van der Waals surface area contributed by atoms with Crippen LogP contribution in [-0.2, 0) is 0 Å². The molecule has 0 radical (unpaired) electrons. The highest BCUT2D eigenvalue weighted by molar-refractivity contribution is 9.10. The van der Waals surface area contributed by atoms with Crippen LogP contribution in [0, 0.1) is 17.8 Å². The molecule has 3 rings (SSSR count). The number of hydrazine groups is 1. The van der Waals surface area contributed by atoms with E-state index in [0.29, 0.717) is 5.92 Å². The van der Waals surface area contributed by atoms with Crippen molar-refractivity contribution in [3.05, 3.63) is 22.2 Å². The predicted molar refractivity (Wildman–Crippen MR) is 86.2 cm³/mol. The van der Waals surface area contributed by atoms with Crippen molar-refractivity contribution >= 4 is 15.9 Å². The van der Waals surface area contributed by atoms with Gasteiger partial charge in [-0.1, -0.05) is 6.42 Å². The summed E-state index contributed by atoms with van der Waals surface area (Å²) in [4.78, 5) is 0. The Morgan fingerprint density at radius 1 is 1.24 bits per heavy atom. The number of hydrogen-bond acceptors (Lipinski definition) is 4. The molecule has 4 atom stereocenters. The highest BCUT2D eigenvalue weighted by Crippen LogP contribution is 2.54. The van der Waals surface area contributed by atoms with Crippen LogP contribution in [0.2, 0.25) is 0 Å². The molecule has 4 unspecified atom stereocenters. The first-order valence-corrected chi connectivity index (χ1v) is 8.35. The third-order valence-electron chi connectivity index (χ3n) is 5.25. The van der Waals surface area contributed by atoms with E-state index in [1.54, 1.807) is 14.2 Å². The minimum absolute atomic E-state index is 0.137.